The Balaban J connectivity index is 2.11. The van der Waals surface area contributed by atoms with Crippen molar-refractivity contribution in [2.24, 2.45) is 0 Å². The summed E-state index contributed by atoms with van der Waals surface area (Å²) < 4.78 is 1.73. The Morgan fingerprint density at radius 2 is 1.92 bits per heavy atom. The van der Waals surface area contributed by atoms with Crippen molar-refractivity contribution < 1.29 is 0 Å². The first-order chi connectivity index (χ1) is 11.8. The summed E-state index contributed by atoms with van der Waals surface area (Å²) >= 11 is 0. The van der Waals surface area contributed by atoms with E-state index in [1.54, 1.807) is 17.0 Å². The van der Waals surface area contributed by atoms with Crippen LogP contribution in [0.1, 0.15) is 46.2 Å². The summed E-state index contributed by atoms with van der Waals surface area (Å²) in [6.07, 6.45) is 3.38. The van der Waals surface area contributed by atoms with Gasteiger partial charge in [0.05, 0.1) is 17.2 Å². The zero-order valence-corrected chi connectivity index (χ0v) is 15.4. The smallest absolute Gasteiger partial charge is 0.294 e. The van der Waals surface area contributed by atoms with E-state index in [-0.39, 0.29) is 17.0 Å². The SMILES string of the molecule is CC(C)n1c(=O)c(Nc2cccc(C(C)(C)C)c2)nc2ccncc21. The van der Waals surface area contributed by atoms with Gasteiger partial charge in [0.15, 0.2) is 5.82 Å². The number of hydrogen-bond donors (Lipinski definition) is 1. The van der Waals surface area contributed by atoms with Gasteiger partial charge in [-0.2, -0.15) is 0 Å². The summed E-state index contributed by atoms with van der Waals surface area (Å²) in [6, 6.07) is 9.95. The van der Waals surface area contributed by atoms with Crippen LogP contribution in [0, 0.1) is 0 Å². The number of rotatable bonds is 3. The van der Waals surface area contributed by atoms with Gasteiger partial charge in [-0.25, -0.2) is 4.98 Å². The van der Waals surface area contributed by atoms with Crippen molar-refractivity contribution in [2.45, 2.75) is 46.1 Å². The second-order valence-corrected chi connectivity index (χ2v) is 7.55. The highest BCUT2D eigenvalue weighted by Gasteiger charge is 2.16. The highest BCUT2D eigenvalue weighted by Crippen LogP contribution is 2.26. The molecule has 0 bridgehead atoms. The van der Waals surface area contributed by atoms with Crippen molar-refractivity contribution in [1.82, 2.24) is 14.5 Å². The van der Waals surface area contributed by atoms with Gasteiger partial charge in [-0.3, -0.25) is 14.3 Å². The van der Waals surface area contributed by atoms with E-state index < -0.39 is 0 Å². The van der Waals surface area contributed by atoms with E-state index in [2.05, 4.69) is 48.2 Å². The molecule has 5 heteroatoms. The highest BCUT2D eigenvalue weighted by atomic mass is 16.1. The number of nitrogens with one attached hydrogen (secondary N) is 1. The molecule has 2 heterocycles. The van der Waals surface area contributed by atoms with E-state index in [1.165, 1.54) is 5.56 Å². The Labute approximate surface area is 147 Å². The van der Waals surface area contributed by atoms with E-state index in [1.807, 2.05) is 32.0 Å². The fourth-order valence-corrected chi connectivity index (χ4v) is 2.84. The summed E-state index contributed by atoms with van der Waals surface area (Å²) in [7, 11) is 0. The Bertz CT molecular complexity index is 967. The topological polar surface area (TPSA) is 59.8 Å². The lowest BCUT2D eigenvalue weighted by atomic mass is 9.87. The first-order valence-electron chi connectivity index (χ1n) is 8.51. The molecule has 0 unspecified atom stereocenters. The van der Waals surface area contributed by atoms with Gasteiger partial charge < -0.3 is 5.32 Å². The molecular formula is C20H24N4O. The minimum atomic E-state index is -0.142. The summed E-state index contributed by atoms with van der Waals surface area (Å²) in [5, 5.41) is 3.21. The predicted molar refractivity (Wildman–Crippen MR) is 103 cm³/mol. The lowest BCUT2D eigenvalue weighted by molar-refractivity contribution is 0.590. The van der Waals surface area contributed by atoms with E-state index >= 15 is 0 Å². The molecule has 0 aliphatic rings. The standard InChI is InChI=1S/C20H24N4O/c1-13(2)24-17-12-21-10-9-16(17)23-18(19(24)25)22-15-8-6-7-14(11-15)20(3,4)5/h6-13H,1-5H3,(H,22,23). The first-order valence-corrected chi connectivity index (χ1v) is 8.51. The van der Waals surface area contributed by atoms with Crippen molar-refractivity contribution >= 4 is 22.5 Å². The molecule has 3 aromatic rings. The molecule has 0 spiro atoms. The van der Waals surface area contributed by atoms with Crippen molar-refractivity contribution in [1.29, 1.82) is 0 Å². The normalized spacial score (nSPS) is 11.9. The van der Waals surface area contributed by atoms with Gasteiger partial charge in [-0.15, -0.1) is 0 Å². The van der Waals surface area contributed by atoms with Crippen LogP contribution in [0.2, 0.25) is 0 Å². The van der Waals surface area contributed by atoms with Crippen LogP contribution in [0.5, 0.6) is 0 Å². The van der Waals surface area contributed by atoms with Gasteiger partial charge in [-0.1, -0.05) is 32.9 Å². The molecule has 5 nitrogen and oxygen atoms in total. The largest absolute Gasteiger partial charge is 0.336 e. The number of pyridine rings is 1. The number of nitrogens with zero attached hydrogens (tertiary/aromatic N) is 3. The van der Waals surface area contributed by atoms with Crippen LogP contribution >= 0.6 is 0 Å². The first kappa shape index (κ1) is 17.1. The maximum atomic E-state index is 12.9. The Hall–Kier alpha value is -2.69. The molecule has 0 fully saturated rings. The van der Waals surface area contributed by atoms with Gasteiger partial charge in [0.2, 0.25) is 0 Å². The minimum Gasteiger partial charge on any atom is -0.336 e. The second-order valence-electron chi connectivity index (χ2n) is 7.55. The third-order valence-corrected chi connectivity index (χ3v) is 4.20. The van der Waals surface area contributed by atoms with Crippen molar-refractivity contribution in [3.63, 3.8) is 0 Å². The molecule has 25 heavy (non-hydrogen) atoms. The fraction of sp³-hybridized carbons (Fsp3) is 0.350. The second kappa shape index (κ2) is 6.31. The quantitative estimate of drug-likeness (QED) is 0.769. The minimum absolute atomic E-state index is 0.0173. The summed E-state index contributed by atoms with van der Waals surface area (Å²) in [5.41, 5.74) is 3.46. The molecule has 3 rings (SSSR count). The molecule has 1 aromatic carbocycles. The third kappa shape index (κ3) is 3.40. The van der Waals surface area contributed by atoms with Crippen LogP contribution < -0.4 is 10.9 Å². The van der Waals surface area contributed by atoms with Crippen LogP contribution in [0.3, 0.4) is 0 Å². The molecule has 1 N–H and O–H groups in total. The predicted octanol–water partition coefficient (Wildman–Crippen LogP) is 4.41. The highest BCUT2D eigenvalue weighted by molar-refractivity contribution is 5.76. The number of hydrogen-bond acceptors (Lipinski definition) is 4. The maximum absolute atomic E-state index is 12.9. The molecule has 0 aliphatic heterocycles. The Morgan fingerprint density at radius 1 is 1.16 bits per heavy atom. The number of fused-ring (bicyclic) bond motifs is 1. The van der Waals surface area contributed by atoms with Crippen molar-refractivity contribution in [3.8, 4) is 0 Å². The van der Waals surface area contributed by atoms with Crippen molar-refractivity contribution in [3.05, 3.63) is 58.6 Å². The Kier molecular flexibility index (Phi) is 4.33. The molecule has 0 aliphatic carbocycles. The van der Waals surface area contributed by atoms with E-state index in [0.717, 1.165) is 16.7 Å². The molecule has 130 valence electrons. The summed E-state index contributed by atoms with van der Waals surface area (Å²) in [5.74, 6) is 0.332. The lowest BCUT2D eigenvalue weighted by Crippen LogP contribution is -2.26. The Morgan fingerprint density at radius 3 is 2.60 bits per heavy atom. The molecule has 0 atom stereocenters. The van der Waals surface area contributed by atoms with Gasteiger partial charge in [-0.05, 0) is 43.0 Å². The molecule has 0 saturated heterocycles. The van der Waals surface area contributed by atoms with Gasteiger partial charge in [0, 0.05) is 17.9 Å². The average molecular weight is 336 g/mol. The van der Waals surface area contributed by atoms with E-state index in [9.17, 15) is 4.79 Å². The zero-order valence-electron chi connectivity index (χ0n) is 15.4. The fourth-order valence-electron chi connectivity index (χ4n) is 2.84. The van der Waals surface area contributed by atoms with Gasteiger partial charge in [0.1, 0.15) is 0 Å². The molecule has 0 amide bonds. The van der Waals surface area contributed by atoms with E-state index in [0.29, 0.717) is 5.82 Å². The van der Waals surface area contributed by atoms with E-state index in [4.69, 9.17) is 0 Å². The van der Waals surface area contributed by atoms with Gasteiger partial charge in [0.25, 0.3) is 5.56 Å². The summed E-state index contributed by atoms with van der Waals surface area (Å²) in [6.45, 7) is 10.5. The molecule has 0 saturated carbocycles. The van der Waals surface area contributed by atoms with Crippen LogP contribution in [0.4, 0.5) is 11.5 Å². The molecule has 2 aromatic heterocycles. The van der Waals surface area contributed by atoms with Crippen molar-refractivity contribution in [2.75, 3.05) is 5.32 Å². The van der Waals surface area contributed by atoms with Crippen LogP contribution in [0.25, 0.3) is 11.0 Å². The number of anilines is 2. The lowest BCUT2D eigenvalue weighted by Gasteiger charge is -2.20. The number of aromatic nitrogens is 3. The van der Waals surface area contributed by atoms with Crippen LogP contribution in [-0.2, 0) is 5.41 Å². The van der Waals surface area contributed by atoms with Gasteiger partial charge >= 0.3 is 0 Å². The monoisotopic (exact) mass is 336 g/mol. The molecule has 0 radical (unpaired) electrons. The maximum Gasteiger partial charge on any atom is 0.294 e. The number of benzene rings is 1. The summed E-state index contributed by atoms with van der Waals surface area (Å²) in [4.78, 5) is 21.6. The third-order valence-electron chi connectivity index (χ3n) is 4.20. The van der Waals surface area contributed by atoms with Crippen LogP contribution in [0.15, 0.2) is 47.5 Å². The zero-order chi connectivity index (χ0) is 18.2. The average Bonchev–Trinajstić information content (AvgIpc) is 2.54. The van der Waals surface area contributed by atoms with Crippen LogP contribution in [-0.4, -0.2) is 14.5 Å². The molecular weight excluding hydrogens is 312 g/mol.